The lowest BCUT2D eigenvalue weighted by molar-refractivity contribution is 0.489. The van der Waals surface area contributed by atoms with Gasteiger partial charge in [0.15, 0.2) is 0 Å². The number of rotatable bonds is 5. The third-order valence-electron chi connectivity index (χ3n) is 3.84. The Kier molecular flexibility index (Phi) is 7.60. The van der Waals surface area contributed by atoms with Gasteiger partial charge in [-0.15, -0.1) is 0 Å². The van der Waals surface area contributed by atoms with Crippen molar-refractivity contribution in [2.24, 2.45) is 17.6 Å². The summed E-state index contributed by atoms with van der Waals surface area (Å²) >= 11 is 0. The summed E-state index contributed by atoms with van der Waals surface area (Å²) in [5.74, 6) is 1.81. The number of hydrogen-bond acceptors (Lipinski definition) is 2. The maximum atomic E-state index is 5.72. The first-order valence-electron chi connectivity index (χ1n) is 7.78. The van der Waals surface area contributed by atoms with E-state index in [1.165, 1.54) is 38.6 Å². The molecule has 106 valence electrons. The average molecular weight is 252 g/mol. The highest BCUT2D eigenvalue weighted by atomic mass is 14.8. The topological polar surface area (TPSA) is 38.0 Å². The Hall–Kier alpha value is -0.340. The third kappa shape index (κ3) is 7.17. The van der Waals surface area contributed by atoms with Crippen molar-refractivity contribution in [2.75, 3.05) is 13.1 Å². The Morgan fingerprint density at radius 2 is 2.06 bits per heavy atom. The molecule has 1 heterocycles. The lowest BCUT2D eigenvalue weighted by Crippen LogP contribution is -2.20. The van der Waals surface area contributed by atoms with E-state index < -0.39 is 0 Å². The molecule has 0 bridgehead atoms. The molecule has 2 nitrogen and oxygen atoms in total. The first-order valence-corrected chi connectivity index (χ1v) is 7.78. The van der Waals surface area contributed by atoms with Crippen LogP contribution in [0, 0.1) is 11.8 Å². The van der Waals surface area contributed by atoms with Gasteiger partial charge in [-0.25, -0.2) is 0 Å². The highest BCUT2D eigenvalue weighted by Crippen LogP contribution is 2.38. The van der Waals surface area contributed by atoms with E-state index in [9.17, 15) is 0 Å². The van der Waals surface area contributed by atoms with Gasteiger partial charge in [0.2, 0.25) is 0 Å². The molecule has 0 amide bonds. The molecule has 3 N–H and O–H groups in total. The van der Waals surface area contributed by atoms with Crippen LogP contribution < -0.4 is 11.1 Å². The van der Waals surface area contributed by atoms with E-state index in [1.54, 1.807) is 5.57 Å². The Balaban J connectivity index is 0.000000180. The summed E-state index contributed by atoms with van der Waals surface area (Å²) in [6, 6.07) is 0.437. The zero-order valence-electron chi connectivity index (χ0n) is 12.5. The lowest BCUT2D eigenvalue weighted by atomic mass is 10.0. The smallest absolute Gasteiger partial charge is 0.0137 e. The fourth-order valence-corrected chi connectivity index (χ4v) is 2.22. The van der Waals surface area contributed by atoms with Crippen molar-refractivity contribution in [1.82, 2.24) is 5.32 Å². The molecular formula is C16H32N2. The van der Waals surface area contributed by atoms with Crippen LogP contribution >= 0.6 is 0 Å². The molecule has 2 aliphatic rings. The highest BCUT2D eigenvalue weighted by molar-refractivity contribution is 5.15. The fourth-order valence-electron chi connectivity index (χ4n) is 2.22. The van der Waals surface area contributed by atoms with E-state index in [-0.39, 0.29) is 0 Å². The van der Waals surface area contributed by atoms with Gasteiger partial charge >= 0.3 is 0 Å². The molecule has 1 atom stereocenters. The van der Waals surface area contributed by atoms with Gasteiger partial charge in [0.25, 0.3) is 0 Å². The molecule has 1 aliphatic heterocycles. The van der Waals surface area contributed by atoms with Crippen LogP contribution in [0.5, 0.6) is 0 Å². The minimum atomic E-state index is 0.437. The molecule has 1 saturated carbocycles. The van der Waals surface area contributed by atoms with Gasteiger partial charge in [0.1, 0.15) is 0 Å². The second-order valence-electron chi connectivity index (χ2n) is 6.15. The third-order valence-corrected chi connectivity index (χ3v) is 3.84. The predicted molar refractivity (Wildman–Crippen MR) is 80.6 cm³/mol. The lowest BCUT2D eigenvalue weighted by Gasteiger charge is -2.12. The quantitative estimate of drug-likeness (QED) is 0.735. The maximum Gasteiger partial charge on any atom is 0.0137 e. The van der Waals surface area contributed by atoms with E-state index in [2.05, 4.69) is 32.2 Å². The summed E-state index contributed by atoms with van der Waals surface area (Å²) in [6.45, 7) is 8.95. The van der Waals surface area contributed by atoms with Crippen molar-refractivity contribution in [1.29, 1.82) is 0 Å². The Morgan fingerprint density at radius 3 is 2.50 bits per heavy atom. The highest BCUT2D eigenvalue weighted by Gasteiger charge is 2.25. The van der Waals surface area contributed by atoms with Crippen LogP contribution in [0.25, 0.3) is 0 Å². The summed E-state index contributed by atoms with van der Waals surface area (Å²) in [5.41, 5.74) is 7.45. The molecule has 0 radical (unpaired) electrons. The summed E-state index contributed by atoms with van der Waals surface area (Å²) < 4.78 is 0. The first-order chi connectivity index (χ1) is 8.63. The van der Waals surface area contributed by atoms with Crippen molar-refractivity contribution < 1.29 is 0 Å². The zero-order valence-corrected chi connectivity index (χ0v) is 12.5. The van der Waals surface area contributed by atoms with Crippen molar-refractivity contribution >= 4 is 0 Å². The average Bonchev–Trinajstić information content (AvgIpc) is 3.22. The van der Waals surface area contributed by atoms with E-state index in [0.29, 0.717) is 6.04 Å². The van der Waals surface area contributed by atoms with Crippen LogP contribution in [0.15, 0.2) is 11.6 Å². The van der Waals surface area contributed by atoms with E-state index in [1.807, 2.05) is 0 Å². The largest absolute Gasteiger partial charge is 0.328 e. The van der Waals surface area contributed by atoms with Crippen molar-refractivity contribution in [3.8, 4) is 0 Å². The fraction of sp³-hybridized carbons (Fsp3) is 0.875. The van der Waals surface area contributed by atoms with Gasteiger partial charge in [0, 0.05) is 12.6 Å². The molecule has 0 aromatic carbocycles. The molecule has 2 heteroatoms. The minimum Gasteiger partial charge on any atom is -0.328 e. The van der Waals surface area contributed by atoms with Crippen LogP contribution in [0.3, 0.4) is 0 Å². The molecule has 0 aromatic rings. The minimum absolute atomic E-state index is 0.437. The second kappa shape index (κ2) is 8.71. The predicted octanol–water partition coefficient (Wildman–Crippen LogP) is 3.48. The first kappa shape index (κ1) is 15.7. The molecule has 0 spiro atoms. The van der Waals surface area contributed by atoms with Gasteiger partial charge in [-0.1, -0.05) is 32.4 Å². The summed E-state index contributed by atoms with van der Waals surface area (Å²) in [7, 11) is 0. The van der Waals surface area contributed by atoms with Gasteiger partial charge in [-0.3, -0.25) is 0 Å². The van der Waals surface area contributed by atoms with Crippen molar-refractivity contribution in [3.05, 3.63) is 11.6 Å². The van der Waals surface area contributed by atoms with E-state index in [4.69, 9.17) is 5.73 Å². The number of nitrogens with two attached hydrogens (primary N) is 1. The molecule has 18 heavy (non-hydrogen) atoms. The van der Waals surface area contributed by atoms with Gasteiger partial charge in [-0.05, 0) is 56.9 Å². The molecule has 1 unspecified atom stereocenters. The van der Waals surface area contributed by atoms with Gasteiger partial charge < -0.3 is 11.1 Å². The SMILES string of the molecule is C1=C(C2CC2)CCNC1.CCC(N)CCC(C)C. The second-order valence-corrected chi connectivity index (χ2v) is 6.15. The summed E-state index contributed by atoms with van der Waals surface area (Å²) in [4.78, 5) is 0. The normalized spacial score (nSPS) is 21.1. The number of nitrogens with one attached hydrogen (secondary N) is 1. The standard InChI is InChI=1S/C8H13N.C8H19N/c1-2-7(1)8-3-5-9-6-4-8;1-4-8(9)6-5-7(2)3/h3,7,9H,1-2,4-6H2;7-8H,4-6,9H2,1-3H3. The van der Waals surface area contributed by atoms with Crippen LogP contribution in [0.4, 0.5) is 0 Å². The molecule has 2 rings (SSSR count). The Bertz CT molecular complexity index is 241. The molecule has 1 aliphatic carbocycles. The Labute approximate surface area is 113 Å². The van der Waals surface area contributed by atoms with Crippen LogP contribution in [0.2, 0.25) is 0 Å². The molecular weight excluding hydrogens is 220 g/mol. The van der Waals surface area contributed by atoms with Crippen LogP contribution in [0.1, 0.15) is 59.3 Å². The summed E-state index contributed by atoms with van der Waals surface area (Å²) in [5, 5.41) is 3.32. The number of hydrogen-bond donors (Lipinski definition) is 2. The van der Waals surface area contributed by atoms with Gasteiger partial charge in [0.05, 0.1) is 0 Å². The maximum absolute atomic E-state index is 5.72. The molecule has 0 aromatic heterocycles. The van der Waals surface area contributed by atoms with Crippen LogP contribution in [-0.2, 0) is 0 Å². The van der Waals surface area contributed by atoms with Crippen LogP contribution in [-0.4, -0.2) is 19.1 Å². The monoisotopic (exact) mass is 252 g/mol. The Morgan fingerprint density at radius 1 is 1.33 bits per heavy atom. The van der Waals surface area contributed by atoms with Gasteiger partial charge in [-0.2, -0.15) is 0 Å². The summed E-state index contributed by atoms with van der Waals surface area (Å²) in [6.07, 6.45) is 10.2. The molecule has 0 saturated heterocycles. The zero-order chi connectivity index (χ0) is 13.4. The van der Waals surface area contributed by atoms with E-state index in [0.717, 1.165) is 24.8 Å². The van der Waals surface area contributed by atoms with Crippen molar-refractivity contribution in [3.63, 3.8) is 0 Å². The van der Waals surface area contributed by atoms with Crippen molar-refractivity contribution in [2.45, 2.75) is 65.3 Å². The van der Waals surface area contributed by atoms with E-state index >= 15 is 0 Å². The molecule has 1 fully saturated rings.